The molecule has 116 valence electrons. The van der Waals surface area contributed by atoms with E-state index in [4.69, 9.17) is 11.1 Å². The van der Waals surface area contributed by atoms with E-state index in [0.717, 1.165) is 56.3 Å². The predicted octanol–water partition coefficient (Wildman–Crippen LogP) is 0.358. The number of hydrogen-bond acceptors (Lipinski definition) is 5. The van der Waals surface area contributed by atoms with Gasteiger partial charge >= 0.3 is 0 Å². The lowest BCUT2D eigenvalue weighted by molar-refractivity contribution is 0.229. The first-order valence-corrected chi connectivity index (χ1v) is 7.41. The third-order valence-electron chi connectivity index (χ3n) is 3.84. The van der Waals surface area contributed by atoms with Crippen molar-refractivity contribution in [2.75, 3.05) is 58.3 Å². The van der Waals surface area contributed by atoms with Gasteiger partial charge in [-0.3, -0.25) is 10.3 Å². The van der Waals surface area contributed by atoms with Crippen LogP contribution in [0, 0.1) is 12.3 Å². The van der Waals surface area contributed by atoms with E-state index in [2.05, 4.69) is 33.8 Å². The smallest absolute Gasteiger partial charge is 0.139 e. The Morgan fingerprint density at radius 1 is 1.29 bits per heavy atom. The molecule has 3 N–H and O–H groups in total. The third-order valence-corrected chi connectivity index (χ3v) is 3.84. The monoisotopic (exact) mass is 290 g/mol. The molecule has 1 saturated heterocycles. The van der Waals surface area contributed by atoms with Crippen LogP contribution in [0.3, 0.4) is 0 Å². The fraction of sp³-hybridized carbons (Fsp3) is 0.600. The molecule has 1 aliphatic heterocycles. The molecular weight excluding hydrogens is 264 g/mol. The van der Waals surface area contributed by atoms with Crippen molar-refractivity contribution in [3.8, 4) is 0 Å². The van der Waals surface area contributed by atoms with Crippen LogP contribution < -0.4 is 10.6 Å². The van der Waals surface area contributed by atoms with Gasteiger partial charge in [0.1, 0.15) is 11.7 Å². The Hall–Kier alpha value is -1.66. The minimum atomic E-state index is 0.0903. The fourth-order valence-corrected chi connectivity index (χ4v) is 2.52. The molecular formula is C15H26N6. The summed E-state index contributed by atoms with van der Waals surface area (Å²) in [6.45, 7) is 8.08. The maximum Gasteiger partial charge on any atom is 0.139 e. The fourth-order valence-electron chi connectivity index (χ4n) is 2.52. The van der Waals surface area contributed by atoms with Gasteiger partial charge in [-0.05, 0) is 33.2 Å². The van der Waals surface area contributed by atoms with Gasteiger partial charge in [0.2, 0.25) is 0 Å². The molecule has 0 unspecified atom stereocenters. The van der Waals surface area contributed by atoms with E-state index >= 15 is 0 Å². The molecule has 0 bridgehead atoms. The van der Waals surface area contributed by atoms with Crippen molar-refractivity contribution in [2.24, 2.45) is 5.73 Å². The summed E-state index contributed by atoms with van der Waals surface area (Å²) in [5.74, 6) is 0.947. The lowest BCUT2D eigenvalue weighted by Gasteiger charge is -2.36. The molecule has 0 spiro atoms. The van der Waals surface area contributed by atoms with Gasteiger partial charge < -0.3 is 15.5 Å². The maximum atomic E-state index is 7.71. The van der Waals surface area contributed by atoms with Crippen LogP contribution in [0.25, 0.3) is 0 Å². The average Bonchev–Trinajstić information content (AvgIpc) is 2.45. The number of piperazine rings is 1. The molecule has 0 saturated carbocycles. The number of aryl methyl sites for hydroxylation is 1. The number of nitrogens with zero attached hydrogens (tertiary/aromatic N) is 4. The summed E-state index contributed by atoms with van der Waals surface area (Å²) in [6.07, 6.45) is 0. The van der Waals surface area contributed by atoms with E-state index in [1.54, 1.807) is 0 Å². The van der Waals surface area contributed by atoms with Crippen molar-refractivity contribution in [1.82, 2.24) is 14.8 Å². The number of nitrogens with one attached hydrogen (secondary N) is 1. The molecule has 6 nitrogen and oxygen atoms in total. The van der Waals surface area contributed by atoms with Crippen molar-refractivity contribution in [1.29, 1.82) is 5.41 Å². The number of pyridine rings is 1. The molecule has 1 aromatic heterocycles. The zero-order chi connectivity index (χ0) is 15.4. The topological polar surface area (TPSA) is 72.5 Å². The van der Waals surface area contributed by atoms with Gasteiger partial charge in [-0.15, -0.1) is 0 Å². The molecule has 0 aromatic carbocycles. The van der Waals surface area contributed by atoms with Gasteiger partial charge in [0.05, 0.1) is 5.56 Å². The van der Waals surface area contributed by atoms with E-state index in [1.807, 2.05) is 19.1 Å². The highest BCUT2D eigenvalue weighted by Gasteiger charge is 2.21. The molecule has 1 fully saturated rings. The maximum absolute atomic E-state index is 7.71. The molecule has 2 rings (SSSR count). The Bertz CT molecular complexity index is 491. The van der Waals surface area contributed by atoms with Crippen LogP contribution >= 0.6 is 0 Å². The second kappa shape index (κ2) is 6.87. The van der Waals surface area contributed by atoms with Crippen LogP contribution in [-0.4, -0.2) is 74.0 Å². The van der Waals surface area contributed by atoms with Crippen molar-refractivity contribution in [3.05, 3.63) is 23.4 Å². The Balaban J connectivity index is 2.02. The molecule has 0 radical (unpaired) electrons. The summed E-state index contributed by atoms with van der Waals surface area (Å²) in [4.78, 5) is 11.5. The second-order valence-electron chi connectivity index (χ2n) is 5.87. The SMILES string of the molecule is Cc1ccc(C(=N)N)c(N2CCN(CCN(C)C)CC2)n1. The zero-order valence-electron chi connectivity index (χ0n) is 13.3. The van der Waals surface area contributed by atoms with E-state index in [9.17, 15) is 0 Å². The number of nitrogen functional groups attached to an aromatic ring is 1. The minimum absolute atomic E-state index is 0.0903. The normalized spacial score (nSPS) is 16.5. The quantitative estimate of drug-likeness (QED) is 0.605. The third kappa shape index (κ3) is 4.15. The van der Waals surface area contributed by atoms with Gasteiger partial charge in [0.25, 0.3) is 0 Å². The van der Waals surface area contributed by atoms with Gasteiger partial charge in [0.15, 0.2) is 0 Å². The first-order chi connectivity index (χ1) is 9.97. The Labute approximate surface area is 127 Å². The molecule has 1 aliphatic rings. The number of likely N-dealkylation sites (N-methyl/N-ethyl adjacent to an activating group) is 1. The number of nitrogens with two attached hydrogens (primary N) is 1. The summed E-state index contributed by atoms with van der Waals surface area (Å²) in [6, 6.07) is 3.81. The standard InChI is InChI=1S/C15H26N6/c1-12-4-5-13(14(16)17)15(18-12)21-10-8-20(9-11-21)7-6-19(2)3/h4-5H,6-11H2,1-3H3,(H3,16,17). The van der Waals surface area contributed by atoms with Gasteiger partial charge in [-0.1, -0.05) is 0 Å². The van der Waals surface area contributed by atoms with Crippen molar-refractivity contribution in [2.45, 2.75) is 6.92 Å². The van der Waals surface area contributed by atoms with E-state index in [-0.39, 0.29) is 5.84 Å². The van der Waals surface area contributed by atoms with E-state index in [1.165, 1.54) is 0 Å². The average molecular weight is 290 g/mol. The van der Waals surface area contributed by atoms with Crippen LogP contribution in [0.5, 0.6) is 0 Å². The number of anilines is 1. The molecule has 0 aliphatic carbocycles. The van der Waals surface area contributed by atoms with Crippen LogP contribution in [0.2, 0.25) is 0 Å². The lowest BCUT2D eigenvalue weighted by atomic mass is 10.2. The summed E-state index contributed by atoms with van der Waals surface area (Å²) < 4.78 is 0. The first-order valence-electron chi connectivity index (χ1n) is 7.41. The van der Waals surface area contributed by atoms with E-state index in [0.29, 0.717) is 0 Å². The molecule has 0 amide bonds. The Morgan fingerprint density at radius 2 is 1.95 bits per heavy atom. The second-order valence-corrected chi connectivity index (χ2v) is 5.87. The van der Waals surface area contributed by atoms with Gasteiger partial charge in [-0.2, -0.15) is 0 Å². The molecule has 1 aromatic rings. The first kappa shape index (κ1) is 15.7. The number of hydrogen-bond donors (Lipinski definition) is 2. The summed E-state index contributed by atoms with van der Waals surface area (Å²) in [7, 11) is 4.21. The zero-order valence-corrected chi connectivity index (χ0v) is 13.3. The van der Waals surface area contributed by atoms with Crippen LogP contribution in [0.4, 0.5) is 5.82 Å². The summed E-state index contributed by atoms with van der Waals surface area (Å²) >= 11 is 0. The predicted molar refractivity (Wildman–Crippen MR) is 87.2 cm³/mol. The highest BCUT2D eigenvalue weighted by atomic mass is 15.3. The lowest BCUT2D eigenvalue weighted by Crippen LogP contribution is -2.48. The molecule has 21 heavy (non-hydrogen) atoms. The van der Waals surface area contributed by atoms with Crippen LogP contribution in [0.1, 0.15) is 11.3 Å². The van der Waals surface area contributed by atoms with E-state index < -0.39 is 0 Å². The van der Waals surface area contributed by atoms with Crippen LogP contribution in [0.15, 0.2) is 12.1 Å². The van der Waals surface area contributed by atoms with Crippen LogP contribution in [-0.2, 0) is 0 Å². The number of rotatable bonds is 5. The van der Waals surface area contributed by atoms with Crippen molar-refractivity contribution < 1.29 is 0 Å². The van der Waals surface area contributed by atoms with Gasteiger partial charge in [-0.25, -0.2) is 4.98 Å². The van der Waals surface area contributed by atoms with Crippen molar-refractivity contribution >= 4 is 11.7 Å². The highest BCUT2D eigenvalue weighted by molar-refractivity contribution is 5.99. The molecule has 2 heterocycles. The highest BCUT2D eigenvalue weighted by Crippen LogP contribution is 2.19. The summed E-state index contributed by atoms with van der Waals surface area (Å²) in [5, 5.41) is 7.71. The molecule has 0 atom stereocenters. The van der Waals surface area contributed by atoms with Crippen molar-refractivity contribution in [3.63, 3.8) is 0 Å². The minimum Gasteiger partial charge on any atom is -0.384 e. The Morgan fingerprint density at radius 3 is 2.52 bits per heavy atom. The number of amidine groups is 1. The molecule has 6 heteroatoms. The summed E-state index contributed by atoms with van der Waals surface area (Å²) in [5.41, 5.74) is 7.38. The van der Waals surface area contributed by atoms with Gasteiger partial charge in [0, 0.05) is 45.0 Å². The number of aromatic nitrogens is 1. The Kier molecular flexibility index (Phi) is 5.14. The largest absolute Gasteiger partial charge is 0.384 e.